The zero-order valence-corrected chi connectivity index (χ0v) is 14.4. The monoisotopic (exact) mass is 357 g/mol. The summed E-state index contributed by atoms with van der Waals surface area (Å²) in [6.07, 6.45) is 3.43. The molecule has 1 aromatic carbocycles. The van der Waals surface area contributed by atoms with Crippen molar-refractivity contribution in [2.45, 2.75) is 18.9 Å². The Morgan fingerprint density at radius 2 is 2.08 bits per heavy atom. The van der Waals surface area contributed by atoms with Gasteiger partial charge in [-0.05, 0) is 35.7 Å². The number of rotatable bonds is 4. The summed E-state index contributed by atoms with van der Waals surface area (Å²) in [6.45, 7) is 1.12. The number of benzene rings is 1. The van der Waals surface area contributed by atoms with E-state index in [0.717, 1.165) is 23.1 Å². The topological polar surface area (TPSA) is 71.5 Å². The SMILES string of the molecule is COc1ccc(CNC(=O)C(=O)N2CCC(c3cncc(F)c3)C2)cc1. The second kappa shape index (κ2) is 7.95. The number of amides is 2. The number of hydrogen-bond donors (Lipinski definition) is 1. The van der Waals surface area contributed by atoms with Crippen molar-refractivity contribution < 1.29 is 18.7 Å². The van der Waals surface area contributed by atoms with E-state index in [2.05, 4.69) is 10.3 Å². The van der Waals surface area contributed by atoms with Gasteiger partial charge in [-0.15, -0.1) is 0 Å². The van der Waals surface area contributed by atoms with Gasteiger partial charge in [-0.3, -0.25) is 14.6 Å². The maximum absolute atomic E-state index is 13.3. The van der Waals surface area contributed by atoms with Crippen LogP contribution in [0.1, 0.15) is 23.5 Å². The standard InChI is InChI=1S/C19H20FN3O3/c1-26-17-4-2-13(3-5-17)9-22-18(24)19(25)23-7-6-14(12-23)15-8-16(20)11-21-10-15/h2-5,8,10-11,14H,6-7,9,12H2,1H3,(H,22,24). The van der Waals surface area contributed by atoms with Crippen molar-refractivity contribution in [1.82, 2.24) is 15.2 Å². The van der Waals surface area contributed by atoms with E-state index in [0.29, 0.717) is 19.5 Å². The van der Waals surface area contributed by atoms with E-state index < -0.39 is 17.6 Å². The summed E-state index contributed by atoms with van der Waals surface area (Å²) in [4.78, 5) is 29.8. The molecule has 136 valence electrons. The molecule has 0 spiro atoms. The Bertz CT molecular complexity index is 795. The number of nitrogens with zero attached hydrogens (tertiary/aromatic N) is 2. The number of aromatic nitrogens is 1. The van der Waals surface area contributed by atoms with Crippen molar-refractivity contribution in [2.24, 2.45) is 0 Å². The van der Waals surface area contributed by atoms with Crippen molar-refractivity contribution in [3.8, 4) is 5.75 Å². The predicted octanol–water partition coefficient (Wildman–Crippen LogP) is 1.86. The van der Waals surface area contributed by atoms with Crippen LogP contribution in [0.3, 0.4) is 0 Å². The third-order valence-electron chi connectivity index (χ3n) is 4.48. The zero-order chi connectivity index (χ0) is 18.5. The molecule has 1 saturated heterocycles. The molecule has 2 heterocycles. The molecule has 0 bridgehead atoms. The minimum Gasteiger partial charge on any atom is -0.497 e. The molecule has 1 N–H and O–H groups in total. The van der Waals surface area contributed by atoms with Crippen molar-refractivity contribution in [3.05, 3.63) is 59.7 Å². The predicted molar refractivity (Wildman–Crippen MR) is 93.0 cm³/mol. The molecule has 1 aliphatic rings. The molecule has 3 rings (SSSR count). The number of pyridine rings is 1. The maximum Gasteiger partial charge on any atom is 0.311 e. The molecule has 0 radical (unpaired) electrons. The summed E-state index contributed by atoms with van der Waals surface area (Å²) in [5.41, 5.74) is 1.62. The van der Waals surface area contributed by atoms with E-state index in [1.54, 1.807) is 25.4 Å². The Hall–Kier alpha value is -2.96. The van der Waals surface area contributed by atoms with Crippen molar-refractivity contribution in [2.75, 3.05) is 20.2 Å². The van der Waals surface area contributed by atoms with Crippen molar-refractivity contribution in [3.63, 3.8) is 0 Å². The summed E-state index contributed by atoms with van der Waals surface area (Å²) in [5, 5.41) is 2.63. The van der Waals surface area contributed by atoms with E-state index in [1.807, 2.05) is 12.1 Å². The van der Waals surface area contributed by atoms with Gasteiger partial charge in [0.05, 0.1) is 13.3 Å². The van der Waals surface area contributed by atoms with Crippen molar-refractivity contribution in [1.29, 1.82) is 0 Å². The molecular formula is C19H20FN3O3. The molecule has 2 amide bonds. The van der Waals surface area contributed by atoms with Gasteiger partial charge in [0.2, 0.25) is 0 Å². The third-order valence-corrected chi connectivity index (χ3v) is 4.48. The highest BCUT2D eigenvalue weighted by Crippen LogP contribution is 2.27. The molecule has 1 aromatic heterocycles. The normalized spacial score (nSPS) is 16.4. The van der Waals surface area contributed by atoms with Gasteiger partial charge in [0.15, 0.2) is 0 Å². The number of carbonyl (C=O) groups excluding carboxylic acids is 2. The molecule has 7 heteroatoms. The van der Waals surface area contributed by atoms with Gasteiger partial charge in [-0.2, -0.15) is 0 Å². The highest BCUT2D eigenvalue weighted by Gasteiger charge is 2.31. The summed E-state index contributed by atoms with van der Waals surface area (Å²) in [5.74, 6) is -0.878. The van der Waals surface area contributed by atoms with Crippen LogP contribution in [-0.4, -0.2) is 41.9 Å². The molecule has 1 fully saturated rings. The van der Waals surface area contributed by atoms with E-state index in [4.69, 9.17) is 4.74 Å². The number of ether oxygens (including phenoxy) is 1. The van der Waals surface area contributed by atoms with Gasteiger partial charge in [-0.25, -0.2) is 4.39 Å². The summed E-state index contributed by atoms with van der Waals surface area (Å²) < 4.78 is 18.4. The van der Waals surface area contributed by atoms with Gasteiger partial charge >= 0.3 is 11.8 Å². The lowest BCUT2D eigenvalue weighted by Crippen LogP contribution is -2.41. The molecule has 1 atom stereocenters. The Labute approximate surface area is 151 Å². The van der Waals surface area contributed by atoms with Gasteiger partial charge in [0.1, 0.15) is 11.6 Å². The number of hydrogen-bond acceptors (Lipinski definition) is 4. The number of likely N-dealkylation sites (tertiary alicyclic amines) is 1. The third kappa shape index (κ3) is 4.17. The number of methoxy groups -OCH3 is 1. The fourth-order valence-corrected chi connectivity index (χ4v) is 3.01. The van der Waals surface area contributed by atoms with E-state index in [9.17, 15) is 14.0 Å². The molecule has 0 saturated carbocycles. The smallest absolute Gasteiger partial charge is 0.311 e. The van der Waals surface area contributed by atoms with E-state index in [1.165, 1.54) is 11.0 Å². The summed E-state index contributed by atoms with van der Waals surface area (Å²) in [7, 11) is 1.58. The van der Waals surface area contributed by atoms with Crippen LogP contribution < -0.4 is 10.1 Å². The highest BCUT2D eigenvalue weighted by atomic mass is 19.1. The Morgan fingerprint density at radius 3 is 2.77 bits per heavy atom. The van der Waals surface area contributed by atoms with Gasteiger partial charge < -0.3 is 15.0 Å². The highest BCUT2D eigenvalue weighted by molar-refractivity contribution is 6.35. The minimum absolute atomic E-state index is 0.00321. The average molecular weight is 357 g/mol. The Kier molecular flexibility index (Phi) is 5.46. The first-order chi connectivity index (χ1) is 12.6. The molecule has 2 aromatic rings. The van der Waals surface area contributed by atoms with Crippen LogP contribution in [0.2, 0.25) is 0 Å². The number of halogens is 1. The lowest BCUT2D eigenvalue weighted by Gasteiger charge is -2.16. The molecular weight excluding hydrogens is 337 g/mol. The Morgan fingerprint density at radius 1 is 1.31 bits per heavy atom. The van der Waals surface area contributed by atoms with Gasteiger partial charge in [0, 0.05) is 31.7 Å². The second-order valence-electron chi connectivity index (χ2n) is 6.20. The lowest BCUT2D eigenvalue weighted by atomic mass is 10.0. The average Bonchev–Trinajstić information content (AvgIpc) is 3.16. The second-order valence-corrected chi connectivity index (χ2v) is 6.20. The van der Waals surface area contributed by atoms with Crippen molar-refractivity contribution >= 4 is 11.8 Å². The molecule has 0 aliphatic carbocycles. The van der Waals surface area contributed by atoms with Gasteiger partial charge in [0.25, 0.3) is 0 Å². The van der Waals surface area contributed by atoms with Crippen LogP contribution >= 0.6 is 0 Å². The largest absolute Gasteiger partial charge is 0.497 e. The van der Waals surface area contributed by atoms with Crippen LogP contribution in [0.25, 0.3) is 0 Å². The van der Waals surface area contributed by atoms with Crippen LogP contribution in [0.15, 0.2) is 42.7 Å². The van der Waals surface area contributed by atoms with Gasteiger partial charge in [-0.1, -0.05) is 12.1 Å². The minimum atomic E-state index is -0.640. The number of nitrogens with one attached hydrogen (secondary N) is 1. The van der Waals surface area contributed by atoms with Crippen LogP contribution in [-0.2, 0) is 16.1 Å². The van der Waals surface area contributed by atoms with Crippen LogP contribution in [0, 0.1) is 5.82 Å². The fraction of sp³-hybridized carbons (Fsp3) is 0.316. The van der Waals surface area contributed by atoms with E-state index >= 15 is 0 Å². The first kappa shape index (κ1) is 17.8. The van der Waals surface area contributed by atoms with Crippen LogP contribution in [0.4, 0.5) is 4.39 Å². The molecule has 6 nitrogen and oxygen atoms in total. The quantitative estimate of drug-likeness (QED) is 0.848. The maximum atomic E-state index is 13.3. The molecule has 1 unspecified atom stereocenters. The summed E-state index contributed by atoms with van der Waals surface area (Å²) in [6, 6.07) is 8.66. The molecule has 26 heavy (non-hydrogen) atoms. The molecule has 1 aliphatic heterocycles. The van der Waals surface area contributed by atoms with E-state index in [-0.39, 0.29) is 12.5 Å². The number of carbonyl (C=O) groups is 2. The summed E-state index contributed by atoms with van der Waals surface area (Å²) >= 11 is 0. The first-order valence-corrected chi connectivity index (χ1v) is 8.37. The van der Waals surface area contributed by atoms with Crippen LogP contribution in [0.5, 0.6) is 5.75 Å². The zero-order valence-electron chi connectivity index (χ0n) is 14.4. The Balaban J connectivity index is 1.53. The lowest BCUT2D eigenvalue weighted by molar-refractivity contribution is -0.145. The first-order valence-electron chi connectivity index (χ1n) is 8.37. The fourth-order valence-electron chi connectivity index (χ4n) is 3.01.